The van der Waals surface area contributed by atoms with Crippen LogP contribution in [0.4, 0.5) is 5.82 Å². The Morgan fingerprint density at radius 1 is 1.28 bits per heavy atom. The molecule has 2 heterocycles. The quantitative estimate of drug-likeness (QED) is 0.618. The fourth-order valence-corrected chi connectivity index (χ4v) is 2.64. The van der Waals surface area contributed by atoms with Gasteiger partial charge in [0.2, 0.25) is 0 Å². The van der Waals surface area contributed by atoms with Gasteiger partial charge in [-0.2, -0.15) is 0 Å². The van der Waals surface area contributed by atoms with Gasteiger partial charge in [-0.15, -0.1) is 0 Å². The summed E-state index contributed by atoms with van der Waals surface area (Å²) in [5, 5.41) is 7.41. The van der Waals surface area contributed by atoms with E-state index < -0.39 is 0 Å². The maximum atomic E-state index is 12.1. The number of fused-ring (bicyclic) bond motifs is 1. The molecule has 0 aliphatic heterocycles. The maximum Gasteiger partial charge on any atom is 0.270 e. The van der Waals surface area contributed by atoms with E-state index in [0.29, 0.717) is 11.5 Å². The molecule has 0 saturated carbocycles. The van der Waals surface area contributed by atoms with Gasteiger partial charge in [-0.25, -0.2) is 9.97 Å². The number of benzene rings is 1. The molecule has 2 aromatic heterocycles. The normalized spacial score (nSPS) is 12.1. The van der Waals surface area contributed by atoms with E-state index in [1.54, 1.807) is 6.07 Å². The van der Waals surface area contributed by atoms with Crippen molar-refractivity contribution in [2.24, 2.45) is 0 Å². The Balaban J connectivity index is 1.60. The Morgan fingerprint density at radius 3 is 2.96 bits per heavy atom. The number of carbonyl (C=O) groups is 1. The molecular weight excluding hydrogens is 314 g/mol. The summed E-state index contributed by atoms with van der Waals surface area (Å²) in [5.74, 6) is 0.487. The fourth-order valence-electron chi connectivity index (χ4n) is 2.64. The van der Waals surface area contributed by atoms with Crippen molar-refractivity contribution in [3.63, 3.8) is 0 Å². The van der Waals surface area contributed by atoms with E-state index in [1.807, 2.05) is 32.2 Å². The van der Waals surface area contributed by atoms with Crippen LogP contribution in [0.1, 0.15) is 36.3 Å². The third-order valence-corrected chi connectivity index (χ3v) is 4.26. The van der Waals surface area contributed by atoms with Crippen LogP contribution in [0, 0.1) is 0 Å². The van der Waals surface area contributed by atoms with Gasteiger partial charge in [0.25, 0.3) is 5.91 Å². The Labute approximate surface area is 147 Å². The number of anilines is 1. The lowest BCUT2D eigenvalue weighted by atomic mass is 10.1. The van der Waals surface area contributed by atoms with Crippen LogP contribution in [0.25, 0.3) is 10.9 Å². The van der Waals surface area contributed by atoms with Crippen LogP contribution in [0.5, 0.6) is 0 Å². The van der Waals surface area contributed by atoms with Crippen LogP contribution in [-0.4, -0.2) is 33.4 Å². The Bertz CT molecular complexity index is 858. The molecule has 0 saturated heterocycles. The SMILES string of the molecule is CCC(C)NC(=O)c1cc(NCCc2c[nH]c3ccccc23)ncn1. The summed E-state index contributed by atoms with van der Waals surface area (Å²) in [4.78, 5) is 23.7. The van der Waals surface area contributed by atoms with Crippen molar-refractivity contribution in [1.82, 2.24) is 20.3 Å². The topological polar surface area (TPSA) is 82.7 Å². The summed E-state index contributed by atoms with van der Waals surface area (Å²) in [6.07, 6.45) is 5.20. The van der Waals surface area contributed by atoms with Gasteiger partial charge in [0.1, 0.15) is 17.8 Å². The number of rotatable bonds is 7. The van der Waals surface area contributed by atoms with Gasteiger partial charge in [0.15, 0.2) is 0 Å². The largest absolute Gasteiger partial charge is 0.370 e. The second-order valence-corrected chi connectivity index (χ2v) is 6.11. The minimum atomic E-state index is -0.170. The third-order valence-electron chi connectivity index (χ3n) is 4.26. The zero-order valence-corrected chi connectivity index (χ0v) is 14.5. The van der Waals surface area contributed by atoms with Crippen LogP contribution < -0.4 is 10.6 Å². The number of carbonyl (C=O) groups excluding carboxylic acids is 1. The Hall–Kier alpha value is -2.89. The number of amides is 1. The van der Waals surface area contributed by atoms with Gasteiger partial charge in [0.05, 0.1) is 0 Å². The monoisotopic (exact) mass is 337 g/mol. The first-order valence-corrected chi connectivity index (χ1v) is 8.59. The average molecular weight is 337 g/mol. The van der Waals surface area contributed by atoms with Gasteiger partial charge in [-0.05, 0) is 31.4 Å². The van der Waals surface area contributed by atoms with E-state index in [1.165, 1.54) is 17.3 Å². The molecule has 3 aromatic rings. The summed E-state index contributed by atoms with van der Waals surface area (Å²) in [5.41, 5.74) is 2.78. The first-order chi connectivity index (χ1) is 12.2. The number of nitrogens with one attached hydrogen (secondary N) is 3. The van der Waals surface area contributed by atoms with Crippen molar-refractivity contribution in [3.8, 4) is 0 Å². The van der Waals surface area contributed by atoms with Crippen molar-refractivity contribution < 1.29 is 4.79 Å². The molecule has 1 aromatic carbocycles. The van der Waals surface area contributed by atoms with Crippen molar-refractivity contribution in [2.45, 2.75) is 32.7 Å². The van der Waals surface area contributed by atoms with Gasteiger partial charge >= 0.3 is 0 Å². The molecule has 130 valence electrons. The lowest BCUT2D eigenvalue weighted by molar-refractivity contribution is 0.0934. The highest BCUT2D eigenvalue weighted by Crippen LogP contribution is 2.18. The number of para-hydroxylation sites is 1. The van der Waals surface area contributed by atoms with E-state index in [2.05, 4.69) is 37.7 Å². The lowest BCUT2D eigenvalue weighted by Crippen LogP contribution is -2.32. The minimum Gasteiger partial charge on any atom is -0.370 e. The standard InChI is InChI=1S/C19H23N5O/c1-3-13(2)24-19(25)17-10-18(23-12-22-17)20-9-8-14-11-21-16-7-5-4-6-15(14)16/h4-7,10-13,21H,3,8-9H2,1-2H3,(H,24,25)(H,20,22,23). The molecule has 3 N–H and O–H groups in total. The summed E-state index contributed by atoms with van der Waals surface area (Å²) in [6.45, 7) is 4.73. The van der Waals surface area contributed by atoms with Gasteiger partial charge in [0, 0.05) is 35.8 Å². The van der Waals surface area contributed by atoms with E-state index in [4.69, 9.17) is 0 Å². The fraction of sp³-hybridized carbons (Fsp3) is 0.316. The van der Waals surface area contributed by atoms with E-state index in [-0.39, 0.29) is 11.9 Å². The number of nitrogens with zero attached hydrogens (tertiary/aromatic N) is 2. The lowest BCUT2D eigenvalue weighted by Gasteiger charge is -2.11. The van der Waals surface area contributed by atoms with Crippen LogP contribution in [0.3, 0.4) is 0 Å². The molecule has 6 heteroatoms. The summed E-state index contributed by atoms with van der Waals surface area (Å²) in [6, 6.07) is 10.1. The zero-order chi connectivity index (χ0) is 17.6. The van der Waals surface area contributed by atoms with Gasteiger partial charge in [-0.3, -0.25) is 4.79 Å². The molecule has 0 aliphatic carbocycles. The molecule has 1 amide bonds. The first-order valence-electron chi connectivity index (χ1n) is 8.59. The number of aromatic amines is 1. The number of hydrogen-bond donors (Lipinski definition) is 3. The molecule has 0 aliphatic rings. The molecule has 1 atom stereocenters. The van der Waals surface area contributed by atoms with Crippen LogP contribution >= 0.6 is 0 Å². The van der Waals surface area contributed by atoms with Crippen molar-refractivity contribution in [2.75, 3.05) is 11.9 Å². The van der Waals surface area contributed by atoms with Crippen molar-refractivity contribution in [1.29, 1.82) is 0 Å². The van der Waals surface area contributed by atoms with Crippen LogP contribution in [-0.2, 0) is 6.42 Å². The Kier molecular flexibility index (Phi) is 5.28. The number of aromatic nitrogens is 3. The predicted octanol–water partition coefficient (Wildman–Crippen LogP) is 3.14. The molecule has 25 heavy (non-hydrogen) atoms. The van der Waals surface area contributed by atoms with Gasteiger partial charge < -0.3 is 15.6 Å². The minimum absolute atomic E-state index is 0.126. The molecule has 0 bridgehead atoms. The van der Waals surface area contributed by atoms with E-state index >= 15 is 0 Å². The number of H-pyrrole nitrogens is 1. The molecule has 6 nitrogen and oxygen atoms in total. The number of hydrogen-bond acceptors (Lipinski definition) is 4. The molecule has 1 unspecified atom stereocenters. The third kappa shape index (κ3) is 4.15. The summed E-state index contributed by atoms with van der Waals surface area (Å²) >= 11 is 0. The summed E-state index contributed by atoms with van der Waals surface area (Å²) < 4.78 is 0. The smallest absolute Gasteiger partial charge is 0.270 e. The Morgan fingerprint density at radius 2 is 2.12 bits per heavy atom. The summed E-state index contributed by atoms with van der Waals surface area (Å²) in [7, 11) is 0. The van der Waals surface area contributed by atoms with E-state index in [0.717, 1.165) is 24.9 Å². The van der Waals surface area contributed by atoms with Crippen molar-refractivity contribution in [3.05, 3.63) is 54.1 Å². The molecule has 0 spiro atoms. The first kappa shape index (κ1) is 17.0. The maximum absolute atomic E-state index is 12.1. The highest BCUT2D eigenvalue weighted by Gasteiger charge is 2.11. The van der Waals surface area contributed by atoms with Crippen molar-refractivity contribution >= 4 is 22.6 Å². The van der Waals surface area contributed by atoms with Gasteiger partial charge in [-0.1, -0.05) is 25.1 Å². The van der Waals surface area contributed by atoms with E-state index in [9.17, 15) is 4.79 Å². The highest BCUT2D eigenvalue weighted by molar-refractivity contribution is 5.93. The molecule has 0 radical (unpaired) electrons. The second kappa shape index (κ2) is 7.79. The predicted molar refractivity (Wildman–Crippen MR) is 99.7 cm³/mol. The second-order valence-electron chi connectivity index (χ2n) is 6.11. The van der Waals surface area contributed by atoms with Crippen LogP contribution in [0.15, 0.2) is 42.9 Å². The average Bonchev–Trinajstić information content (AvgIpc) is 3.05. The molecular formula is C19H23N5O. The zero-order valence-electron chi connectivity index (χ0n) is 14.5. The van der Waals surface area contributed by atoms with Crippen LogP contribution in [0.2, 0.25) is 0 Å². The highest BCUT2D eigenvalue weighted by atomic mass is 16.1. The molecule has 0 fully saturated rings. The molecule has 3 rings (SSSR count).